The fourth-order valence-corrected chi connectivity index (χ4v) is 2.91. The molecule has 98 valence electrons. The largest absolute Gasteiger partial charge is 0.204 e. The summed E-state index contributed by atoms with van der Waals surface area (Å²) in [6.45, 7) is 2.16. The van der Waals surface area contributed by atoms with E-state index in [-0.39, 0.29) is 0 Å². The molecule has 0 amide bonds. The molecule has 2 aromatic rings. The summed E-state index contributed by atoms with van der Waals surface area (Å²) in [5.74, 6) is -1.43. The van der Waals surface area contributed by atoms with Crippen molar-refractivity contribution in [3.05, 3.63) is 58.7 Å². The average Bonchev–Trinajstić information content (AvgIpc) is 2.42. The van der Waals surface area contributed by atoms with E-state index in [1.54, 1.807) is 6.07 Å². The zero-order valence-corrected chi connectivity index (χ0v) is 11.0. The zero-order chi connectivity index (χ0) is 13.4. The Balaban J connectivity index is 2.12. The summed E-state index contributed by atoms with van der Waals surface area (Å²) in [4.78, 5) is 0. The van der Waals surface area contributed by atoms with Gasteiger partial charge in [-0.25, -0.2) is 8.78 Å². The number of benzene rings is 2. The Kier molecular flexibility index (Phi) is 3.09. The van der Waals surface area contributed by atoms with Crippen LogP contribution >= 0.6 is 0 Å². The van der Waals surface area contributed by atoms with Crippen LogP contribution in [0.25, 0.3) is 11.1 Å². The van der Waals surface area contributed by atoms with Crippen molar-refractivity contribution in [2.75, 3.05) is 0 Å². The fourth-order valence-electron chi connectivity index (χ4n) is 2.91. The summed E-state index contributed by atoms with van der Waals surface area (Å²) in [6.07, 6.45) is 3.56. The molecule has 0 saturated carbocycles. The van der Waals surface area contributed by atoms with Gasteiger partial charge in [0, 0.05) is 0 Å². The first-order valence-corrected chi connectivity index (χ1v) is 6.79. The van der Waals surface area contributed by atoms with E-state index >= 15 is 0 Å². The summed E-state index contributed by atoms with van der Waals surface area (Å²) in [5, 5.41) is 0. The molecule has 0 spiro atoms. The summed E-state index contributed by atoms with van der Waals surface area (Å²) in [5.41, 5.74) is 5.01. The first-order chi connectivity index (χ1) is 9.20. The molecule has 0 fully saturated rings. The van der Waals surface area contributed by atoms with E-state index in [9.17, 15) is 8.78 Å². The van der Waals surface area contributed by atoms with Crippen molar-refractivity contribution in [3.63, 3.8) is 0 Å². The third-order valence-electron chi connectivity index (χ3n) is 3.84. The molecule has 2 heteroatoms. The van der Waals surface area contributed by atoms with Crippen LogP contribution in [0.1, 0.15) is 30.0 Å². The predicted octanol–water partition coefficient (Wildman–Crippen LogP) is 4.68. The highest BCUT2D eigenvalue weighted by molar-refractivity contribution is 5.73. The Morgan fingerprint density at radius 2 is 1.79 bits per heavy atom. The lowest BCUT2D eigenvalue weighted by molar-refractivity contribution is 0.498. The first-order valence-electron chi connectivity index (χ1n) is 6.79. The maximum Gasteiger partial charge on any atom is 0.162 e. The maximum atomic E-state index is 13.8. The summed E-state index contributed by atoms with van der Waals surface area (Å²) in [7, 11) is 0. The van der Waals surface area contributed by atoms with Crippen molar-refractivity contribution in [1.29, 1.82) is 0 Å². The Morgan fingerprint density at radius 1 is 1.00 bits per heavy atom. The third kappa shape index (κ3) is 2.05. The standard InChI is InChI=1S/C17H16F2/c1-2-3-11-4-6-13-12(10-11)5-7-15-14(13)8-9-16(18)17(15)19/h4,6,8-10H,2-3,5,7H2,1H3. The van der Waals surface area contributed by atoms with Gasteiger partial charge in [-0.15, -0.1) is 0 Å². The minimum atomic E-state index is -0.746. The number of aryl methyl sites for hydroxylation is 2. The number of hydrogen-bond acceptors (Lipinski definition) is 0. The second-order valence-corrected chi connectivity index (χ2v) is 5.13. The number of halogens is 2. The highest BCUT2D eigenvalue weighted by Crippen LogP contribution is 2.36. The van der Waals surface area contributed by atoms with Crippen LogP contribution in [0.3, 0.4) is 0 Å². The topological polar surface area (TPSA) is 0 Å². The second kappa shape index (κ2) is 4.76. The summed E-state index contributed by atoms with van der Waals surface area (Å²) in [6, 6.07) is 9.28. The van der Waals surface area contributed by atoms with Crippen LogP contribution in [-0.2, 0) is 19.3 Å². The van der Waals surface area contributed by atoms with Gasteiger partial charge in [-0.2, -0.15) is 0 Å². The molecular formula is C17H16F2. The van der Waals surface area contributed by atoms with Crippen LogP contribution in [0.4, 0.5) is 8.78 Å². The molecule has 0 N–H and O–H groups in total. The van der Waals surface area contributed by atoms with Crippen molar-refractivity contribution in [2.45, 2.75) is 32.6 Å². The smallest absolute Gasteiger partial charge is 0.162 e. The molecule has 0 bridgehead atoms. The van der Waals surface area contributed by atoms with Gasteiger partial charge in [0.2, 0.25) is 0 Å². The molecule has 0 aromatic heterocycles. The lowest BCUT2D eigenvalue weighted by atomic mass is 9.84. The predicted molar refractivity (Wildman–Crippen MR) is 73.2 cm³/mol. The first kappa shape index (κ1) is 12.3. The monoisotopic (exact) mass is 258 g/mol. The normalized spacial score (nSPS) is 13.0. The van der Waals surface area contributed by atoms with Crippen LogP contribution in [0.15, 0.2) is 30.3 Å². The van der Waals surface area contributed by atoms with E-state index in [1.165, 1.54) is 17.2 Å². The molecule has 0 nitrogen and oxygen atoms in total. The fraction of sp³-hybridized carbons (Fsp3) is 0.294. The molecule has 3 rings (SSSR count). The zero-order valence-electron chi connectivity index (χ0n) is 11.0. The lowest BCUT2D eigenvalue weighted by Crippen LogP contribution is -2.08. The summed E-state index contributed by atoms with van der Waals surface area (Å²) < 4.78 is 27.1. The van der Waals surface area contributed by atoms with Crippen LogP contribution in [0.2, 0.25) is 0 Å². The van der Waals surface area contributed by atoms with E-state index in [2.05, 4.69) is 25.1 Å². The van der Waals surface area contributed by atoms with Crippen molar-refractivity contribution in [3.8, 4) is 11.1 Å². The molecule has 0 atom stereocenters. The van der Waals surface area contributed by atoms with Crippen LogP contribution in [-0.4, -0.2) is 0 Å². The van der Waals surface area contributed by atoms with Gasteiger partial charge < -0.3 is 0 Å². The lowest BCUT2D eigenvalue weighted by Gasteiger charge is -2.21. The maximum absolute atomic E-state index is 13.8. The minimum Gasteiger partial charge on any atom is -0.204 e. The molecular weight excluding hydrogens is 242 g/mol. The quantitative estimate of drug-likeness (QED) is 0.733. The minimum absolute atomic E-state index is 0.524. The van der Waals surface area contributed by atoms with Gasteiger partial charge >= 0.3 is 0 Å². The Morgan fingerprint density at radius 3 is 2.58 bits per heavy atom. The molecule has 0 radical (unpaired) electrons. The molecule has 19 heavy (non-hydrogen) atoms. The van der Waals surface area contributed by atoms with E-state index < -0.39 is 11.6 Å². The van der Waals surface area contributed by atoms with Crippen LogP contribution in [0.5, 0.6) is 0 Å². The van der Waals surface area contributed by atoms with E-state index in [0.717, 1.165) is 30.4 Å². The SMILES string of the molecule is CCCc1ccc2c(c1)CCc1c-2ccc(F)c1F. The van der Waals surface area contributed by atoms with Crippen molar-refractivity contribution >= 4 is 0 Å². The van der Waals surface area contributed by atoms with Gasteiger partial charge in [-0.05, 0) is 53.1 Å². The molecule has 0 saturated heterocycles. The molecule has 0 unspecified atom stereocenters. The Labute approximate surface area is 112 Å². The van der Waals surface area contributed by atoms with Crippen molar-refractivity contribution in [2.24, 2.45) is 0 Å². The molecule has 0 heterocycles. The van der Waals surface area contributed by atoms with E-state index in [1.807, 2.05) is 0 Å². The second-order valence-electron chi connectivity index (χ2n) is 5.13. The number of hydrogen-bond donors (Lipinski definition) is 0. The molecule has 2 aromatic carbocycles. The van der Waals surface area contributed by atoms with Gasteiger partial charge in [0.05, 0.1) is 0 Å². The van der Waals surface area contributed by atoms with Gasteiger partial charge in [0.15, 0.2) is 11.6 Å². The average molecular weight is 258 g/mol. The number of rotatable bonds is 2. The third-order valence-corrected chi connectivity index (χ3v) is 3.84. The molecule has 1 aliphatic rings. The van der Waals surface area contributed by atoms with Gasteiger partial charge in [-0.1, -0.05) is 37.6 Å². The van der Waals surface area contributed by atoms with Gasteiger partial charge in [0.1, 0.15) is 0 Å². The molecule has 1 aliphatic carbocycles. The number of fused-ring (bicyclic) bond motifs is 3. The van der Waals surface area contributed by atoms with E-state index in [4.69, 9.17) is 0 Å². The highest BCUT2D eigenvalue weighted by Gasteiger charge is 2.21. The Bertz CT molecular complexity index is 629. The van der Waals surface area contributed by atoms with Crippen LogP contribution in [0, 0.1) is 11.6 Å². The molecule has 0 aliphatic heterocycles. The highest BCUT2D eigenvalue weighted by atomic mass is 19.2. The van der Waals surface area contributed by atoms with E-state index in [0.29, 0.717) is 12.0 Å². The van der Waals surface area contributed by atoms with Crippen LogP contribution < -0.4 is 0 Å². The van der Waals surface area contributed by atoms with Gasteiger partial charge in [0.25, 0.3) is 0 Å². The van der Waals surface area contributed by atoms with Crippen molar-refractivity contribution < 1.29 is 8.78 Å². The Hall–Kier alpha value is -1.70. The summed E-state index contributed by atoms with van der Waals surface area (Å²) >= 11 is 0. The van der Waals surface area contributed by atoms with Gasteiger partial charge in [-0.3, -0.25) is 0 Å². The van der Waals surface area contributed by atoms with Crippen molar-refractivity contribution in [1.82, 2.24) is 0 Å².